The van der Waals surface area contributed by atoms with E-state index in [0.29, 0.717) is 18.7 Å². The highest BCUT2D eigenvalue weighted by Crippen LogP contribution is 2.22. The number of hydrogen-bond acceptors (Lipinski definition) is 6. The van der Waals surface area contributed by atoms with Crippen LogP contribution >= 0.6 is 0 Å². The average molecular weight is 345 g/mol. The predicted molar refractivity (Wildman–Crippen MR) is 84.3 cm³/mol. The van der Waals surface area contributed by atoms with Crippen molar-refractivity contribution in [1.82, 2.24) is 19.9 Å². The quantitative estimate of drug-likeness (QED) is 0.637. The van der Waals surface area contributed by atoms with Gasteiger partial charge in [0.25, 0.3) is 11.6 Å². The summed E-state index contributed by atoms with van der Waals surface area (Å²) in [6.45, 7) is 0.473. The Morgan fingerprint density at radius 1 is 1.40 bits per heavy atom. The molecule has 25 heavy (non-hydrogen) atoms. The molecule has 1 aromatic carbocycles. The summed E-state index contributed by atoms with van der Waals surface area (Å²) in [7, 11) is 0. The summed E-state index contributed by atoms with van der Waals surface area (Å²) in [4.78, 5) is 35.3. The van der Waals surface area contributed by atoms with Crippen LogP contribution in [0.4, 0.5) is 5.69 Å². The van der Waals surface area contributed by atoms with Crippen LogP contribution in [0.25, 0.3) is 5.69 Å². The lowest BCUT2D eigenvalue weighted by atomic mass is 10.1. The summed E-state index contributed by atoms with van der Waals surface area (Å²) in [5.74, 6) is -1.34. The van der Waals surface area contributed by atoms with Crippen LogP contribution in [-0.2, 0) is 4.79 Å². The maximum absolute atomic E-state index is 12.6. The van der Waals surface area contributed by atoms with Crippen molar-refractivity contribution in [1.29, 1.82) is 0 Å². The standard InChI is InChI=1S/C15H15N5O5/c21-14(22)8-10-5-2-6-18(10)15(23)13-9-19(17-16-13)11-3-1-4-12(7-11)20(24)25/h1,3-4,7,9-10H,2,5-6,8H2,(H,21,22). The minimum absolute atomic E-state index is 0.0730. The van der Waals surface area contributed by atoms with E-state index in [1.807, 2.05) is 0 Å². The van der Waals surface area contributed by atoms with Gasteiger partial charge in [-0.3, -0.25) is 19.7 Å². The number of nitrogens with zero attached hydrogens (tertiary/aromatic N) is 5. The normalized spacial score (nSPS) is 16.8. The van der Waals surface area contributed by atoms with Crippen LogP contribution in [0.15, 0.2) is 30.5 Å². The molecule has 1 amide bonds. The van der Waals surface area contributed by atoms with E-state index in [0.717, 1.165) is 6.42 Å². The first-order valence-corrected chi connectivity index (χ1v) is 7.65. The summed E-state index contributed by atoms with van der Waals surface area (Å²) in [5, 5.41) is 27.5. The highest BCUT2D eigenvalue weighted by atomic mass is 16.6. The van der Waals surface area contributed by atoms with Crippen molar-refractivity contribution in [3.8, 4) is 5.69 Å². The third kappa shape index (κ3) is 3.47. The lowest BCUT2D eigenvalue weighted by molar-refractivity contribution is -0.384. The van der Waals surface area contributed by atoms with Gasteiger partial charge in [0.2, 0.25) is 0 Å². The Hall–Kier alpha value is -3.30. The van der Waals surface area contributed by atoms with Crippen molar-refractivity contribution in [2.24, 2.45) is 0 Å². The molecule has 1 N–H and O–H groups in total. The number of nitro groups is 1. The Morgan fingerprint density at radius 3 is 2.92 bits per heavy atom. The van der Waals surface area contributed by atoms with Crippen LogP contribution in [0.3, 0.4) is 0 Å². The summed E-state index contributed by atoms with van der Waals surface area (Å²) < 4.78 is 1.28. The Balaban J connectivity index is 1.81. The highest BCUT2D eigenvalue weighted by molar-refractivity contribution is 5.92. The third-order valence-corrected chi connectivity index (χ3v) is 4.07. The number of amides is 1. The molecule has 0 bridgehead atoms. The molecule has 1 saturated heterocycles. The van der Waals surface area contributed by atoms with E-state index >= 15 is 0 Å². The van der Waals surface area contributed by atoms with Crippen LogP contribution in [0.1, 0.15) is 29.8 Å². The minimum atomic E-state index is -0.954. The van der Waals surface area contributed by atoms with E-state index < -0.39 is 10.9 Å². The van der Waals surface area contributed by atoms with Gasteiger partial charge in [0.05, 0.1) is 23.2 Å². The van der Waals surface area contributed by atoms with Crippen LogP contribution in [-0.4, -0.2) is 54.4 Å². The lowest BCUT2D eigenvalue weighted by Crippen LogP contribution is -2.37. The zero-order chi connectivity index (χ0) is 18.0. The number of non-ortho nitro benzene ring substituents is 1. The molecule has 1 atom stereocenters. The molecule has 2 aromatic rings. The maximum atomic E-state index is 12.6. The molecule has 2 heterocycles. The molecular formula is C15H15N5O5. The SMILES string of the molecule is O=C(O)CC1CCCN1C(=O)c1cn(-c2cccc([N+](=O)[O-])c2)nn1. The first-order chi connectivity index (χ1) is 12.0. The molecule has 0 spiro atoms. The fourth-order valence-electron chi connectivity index (χ4n) is 2.90. The van der Waals surface area contributed by atoms with E-state index in [4.69, 9.17) is 5.11 Å². The molecule has 0 aliphatic carbocycles. The van der Waals surface area contributed by atoms with Gasteiger partial charge in [-0.1, -0.05) is 11.3 Å². The zero-order valence-corrected chi connectivity index (χ0v) is 13.1. The number of benzene rings is 1. The van der Waals surface area contributed by atoms with Crippen molar-refractivity contribution >= 4 is 17.6 Å². The molecule has 0 radical (unpaired) electrons. The lowest BCUT2D eigenvalue weighted by Gasteiger charge is -2.22. The fourth-order valence-corrected chi connectivity index (χ4v) is 2.90. The van der Waals surface area contributed by atoms with E-state index in [2.05, 4.69) is 10.3 Å². The maximum Gasteiger partial charge on any atom is 0.305 e. The number of carboxylic acid groups (broad SMARTS) is 1. The molecule has 10 nitrogen and oxygen atoms in total. The van der Waals surface area contributed by atoms with Gasteiger partial charge in [-0.25, -0.2) is 4.68 Å². The Kier molecular flexibility index (Phi) is 4.42. The summed E-state index contributed by atoms with van der Waals surface area (Å²) >= 11 is 0. The monoisotopic (exact) mass is 345 g/mol. The number of likely N-dealkylation sites (tertiary alicyclic amines) is 1. The first kappa shape index (κ1) is 16.6. The fraction of sp³-hybridized carbons (Fsp3) is 0.333. The predicted octanol–water partition coefficient (Wildman–Crippen LogP) is 1.25. The molecule has 1 fully saturated rings. The number of aromatic nitrogens is 3. The highest BCUT2D eigenvalue weighted by Gasteiger charge is 2.32. The smallest absolute Gasteiger partial charge is 0.305 e. The van der Waals surface area contributed by atoms with Crippen LogP contribution in [0.5, 0.6) is 0 Å². The number of carbonyl (C=O) groups excluding carboxylic acids is 1. The summed E-state index contributed by atoms with van der Waals surface area (Å²) in [6, 6.07) is 5.45. The third-order valence-electron chi connectivity index (χ3n) is 4.07. The Bertz CT molecular complexity index is 833. The van der Waals surface area contributed by atoms with E-state index in [1.165, 1.54) is 34.0 Å². The largest absolute Gasteiger partial charge is 0.481 e. The van der Waals surface area contributed by atoms with Gasteiger partial charge in [-0.15, -0.1) is 5.10 Å². The number of nitro benzene ring substituents is 1. The van der Waals surface area contributed by atoms with Gasteiger partial charge >= 0.3 is 5.97 Å². The minimum Gasteiger partial charge on any atom is -0.481 e. The second-order valence-corrected chi connectivity index (χ2v) is 5.72. The second-order valence-electron chi connectivity index (χ2n) is 5.72. The molecule has 3 rings (SSSR count). The van der Waals surface area contributed by atoms with Crippen molar-refractivity contribution in [3.05, 3.63) is 46.3 Å². The molecule has 1 aliphatic rings. The number of hydrogen-bond donors (Lipinski definition) is 1. The number of carboxylic acids is 1. The molecule has 0 saturated carbocycles. The van der Waals surface area contributed by atoms with Crippen molar-refractivity contribution in [2.75, 3.05) is 6.54 Å². The topological polar surface area (TPSA) is 131 Å². The Morgan fingerprint density at radius 2 is 2.20 bits per heavy atom. The van der Waals surface area contributed by atoms with Crippen LogP contribution < -0.4 is 0 Å². The van der Waals surface area contributed by atoms with Crippen molar-refractivity contribution < 1.29 is 19.6 Å². The molecule has 1 unspecified atom stereocenters. The van der Waals surface area contributed by atoms with Crippen LogP contribution in [0, 0.1) is 10.1 Å². The van der Waals surface area contributed by atoms with Crippen molar-refractivity contribution in [2.45, 2.75) is 25.3 Å². The van der Waals surface area contributed by atoms with Gasteiger partial charge < -0.3 is 10.0 Å². The van der Waals surface area contributed by atoms with Gasteiger partial charge in [-0.2, -0.15) is 0 Å². The van der Waals surface area contributed by atoms with Crippen molar-refractivity contribution in [3.63, 3.8) is 0 Å². The zero-order valence-electron chi connectivity index (χ0n) is 13.1. The number of carbonyl (C=O) groups is 2. The number of aliphatic carboxylic acids is 1. The summed E-state index contributed by atoms with van der Waals surface area (Å²) in [5.41, 5.74) is 0.384. The second kappa shape index (κ2) is 6.67. The summed E-state index contributed by atoms with van der Waals surface area (Å²) in [6.07, 6.45) is 2.65. The average Bonchev–Trinajstić information content (AvgIpc) is 3.23. The van der Waals surface area contributed by atoms with Crippen LogP contribution in [0.2, 0.25) is 0 Å². The molecule has 10 heteroatoms. The molecule has 1 aromatic heterocycles. The molecule has 130 valence electrons. The van der Waals surface area contributed by atoms with E-state index in [-0.39, 0.29) is 29.8 Å². The van der Waals surface area contributed by atoms with E-state index in [9.17, 15) is 19.7 Å². The van der Waals surface area contributed by atoms with Gasteiger partial charge in [0, 0.05) is 24.7 Å². The Labute approximate surface area is 141 Å². The van der Waals surface area contributed by atoms with Gasteiger partial charge in [-0.05, 0) is 18.9 Å². The molecular weight excluding hydrogens is 330 g/mol. The molecule has 1 aliphatic heterocycles. The first-order valence-electron chi connectivity index (χ1n) is 7.65. The van der Waals surface area contributed by atoms with Gasteiger partial charge in [0.15, 0.2) is 5.69 Å². The van der Waals surface area contributed by atoms with Gasteiger partial charge in [0.1, 0.15) is 0 Å². The van der Waals surface area contributed by atoms with E-state index in [1.54, 1.807) is 6.07 Å². The number of rotatable bonds is 5.